The highest BCUT2D eigenvalue weighted by molar-refractivity contribution is 14.0. The van der Waals surface area contributed by atoms with Crippen LogP contribution in [0, 0.1) is 0 Å². The quantitative estimate of drug-likeness (QED) is 0.290. The van der Waals surface area contributed by atoms with Crippen LogP contribution in [-0.4, -0.2) is 51.8 Å². The molecule has 138 valence electrons. The fourth-order valence-corrected chi connectivity index (χ4v) is 2.39. The number of benzene rings is 1. The van der Waals surface area contributed by atoms with Crippen LogP contribution in [0.15, 0.2) is 35.3 Å². The van der Waals surface area contributed by atoms with Crippen molar-refractivity contribution in [1.29, 1.82) is 0 Å². The van der Waals surface area contributed by atoms with Gasteiger partial charge in [0, 0.05) is 46.2 Å². The number of hydrogen-bond donors (Lipinski definition) is 2. The Labute approximate surface area is 167 Å². The maximum Gasteiger partial charge on any atom is 0.191 e. The first-order valence-electron chi connectivity index (χ1n) is 8.24. The molecule has 1 aromatic heterocycles. The van der Waals surface area contributed by atoms with Crippen molar-refractivity contribution in [3.05, 3.63) is 35.9 Å². The number of anilines is 1. The summed E-state index contributed by atoms with van der Waals surface area (Å²) in [7, 11) is 5.77. The smallest absolute Gasteiger partial charge is 0.191 e. The van der Waals surface area contributed by atoms with Gasteiger partial charge in [0.15, 0.2) is 5.96 Å². The number of para-hydroxylation sites is 1. The molecule has 0 aliphatic carbocycles. The molecule has 7 heteroatoms. The molecule has 1 aromatic carbocycles. The van der Waals surface area contributed by atoms with Gasteiger partial charge in [0.1, 0.15) is 5.82 Å². The molecule has 0 radical (unpaired) electrons. The van der Waals surface area contributed by atoms with Crippen LogP contribution in [0.4, 0.5) is 5.82 Å². The first-order valence-corrected chi connectivity index (χ1v) is 8.24. The van der Waals surface area contributed by atoms with E-state index in [0.717, 1.165) is 35.8 Å². The van der Waals surface area contributed by atoms with Gasteiger partial charge in [-0.05, 0) is 24.6 Å². The van der Waals surface area contributed by atoms with E-state index in [4.69, 9.17) is 4.74 Å². The Morgan fingerprint density at radius 2 is 2.00 bits per heavy atom. The summed E-state index contributed by atoms with van der Waals surface area (Å²) in [5.74, 6) is 1.71. The summed E-state index contributed by atoms with van der Waals surface area (Å²) in [4.78, 5) is 11.0. The average Bonchev–Trinajstić information content (AvgIpc) is 2.60. The Kier molecular flexibility index (Phi) is 9.51. The SMILES string of the molecule is CCOCCNC(=NC)NCc1cc(N(C)C)nc2ccccc12.I. The van der Waals surface area contributed by atoms with E-state index in [1.165, 1.54) is 5.56 Å². The zero-order chi connectivity index (χ0) is 17.4. The number of pyridine rings is 1. The topological polar surface area (TPSA) is 61.8 Å². The number of guanidine groups is 1. The zero-order valence-corrected chi connectivity index (χ0v) is 17.7. The van der Waals surface area contributed by atoms with Gasteiger partial charge in [0.2, 0.25) is 0 Å². The number of nitrogens with zero attached hydrogens (tertiary/aromatic N) is 3. The lowest BCUT2D eigenvalue weighted by molar-refractivity contribution is 0.152. The molecule has 0 bridgehead atoms. The number of aliphatic imine (C=N–C) groups is 1. The standard InChI is InChI=1S/C18H27N5O.HI/c1-5-24-11-10-20-18(19-2)21-13-14-12-17(23(3)4)22-16-9-7-6-8-15(14)16;/h6-9,12H,5,10-11,13H2,1-4H3,(H2,19,20,21);1H. The van der Waals surface area contributed by atoms with Crippen molar-refractivity contribution in [2.45, 2.75) is 13.5 Å². The second-order valence-corrected chi connectivity index (χ2v) is 5.60. The molecule has 0 spiro atoms. The molecule has 6 nitrogen and oxygen atoms in total. The van der Waals surface area contributed by atoms with Crippen LogP contribution in [0.3, 0.4) is 0 Å². The molecule has 0 fully saturated rings. The highest BCUT2D eigenvalue weighted by Crippen LogP contribution is 2.21. The Morgan fingerprint density at radius 3 is 2.68 bits per heavy atom. The van der Waals surface area contributed by atoms with Crippen molar-refractivity contribution in [2.24, 2.45) is 4.99 Å². The summed E-state index contributed by atoms with van der Waals surface area (Å²) in [6.07, 6.45) is 0. The van der Waals surface area contributed by atoms with Gasteiger partial charge in [-0.15, -0.1) is 24.0 Å². The Bertz CT molecular complexity index is 690. The third-order valence-corrected chi connectivity index (χ3v) is 3.66. The van der Waals surface area contributed by atoms with Crippen molar-refractivity contribution in [3.8, 4) is 0 Å². The molecule has 0 saturated heterocycles. The Balaban J connectivity index is 0.00000312. The number of rotatable bonds is 7. The predicted molar refractivity (Wildman–Crippen MR) is 116 cm³/mol. The number of hydrogen-bond acceptors (Lipinski definition) is 4. The third-order valence-electron chi connectivity index (χ3n) is 3.66. The van der Waals surface area contributed by atoms with E-state index in [-0.39, 0.29) is 24.0 Å². The molecule has 25 heavy (non-hydrogen) atoms. The summed E-state index contributed by atoms with van der Waals surface area (Å²) < 4.78 is 5.33. The normalized spacial score (nSPS) is 11.1. The van der Waals surface area contributed by atoms with E-state index in [2.05, 4.69) is 32.7 Å². The lowest BCUT2D eigenvalue weighted by Crippen LogP contribution is -2.38. The number of halogens is 1. The highest BCUT2D eigenvalue weighted by Gasteiger charge is 2.07. The van der Waals surface area contributed by atoms with Gasteiger partial charge in [-0.2, -0.15) is 0 Å². The maximum atomic E-state index is 5.33. The maximum absolute atomic E-state index is 5.33. The van der Waals surface area contributed by atoms with Crippen molar-refractivity contribution >= 4 is 46.7 Å². The van der Waals surface area contributed by atoms with Gasteiger partial charge in [-0.3, -0.25) is 4.99 Å². The van der Waals surface area contributed by atoms with E-state index in [1.54, 1.807) is 7.05 Å². The molecule has 0 aliphatic heterocycles. The summed E-state index contributed by atoms with van der Waals surface area (Å²) in [6, 6.07) is 10.3. The minimum Gasteiger partial charge on any atom is -0.380 e. The van der Waals surface area contributed by atoms with Crippen molar-refractivity contribution in [2.75, 3.05) is 45.8 Å². The largest absolute Gasteiger partial charge is 0.380 e. The van der Waals surface area contributed by atoms with Gasteiger partial charge in [0.05, 0.1) is 12.1 Å². The average molecular weight is 457 g/mol. The van der Waals surface area contributed by atoms with Crippen LogP contribution >= 0.6 is 24.0 Å². The monoisotopic (exact) mass is 457 g/mol. The van der Waals surface area contributed by atoms with E-state index in [0.29, 0.717) is 13.2 Å². The van der Waals surface area contributed by atoms with Crippen molar-refractivity contribution in [3.63, 3.8) is 0 Å². The lowest BCUT2D eigenvalue weighted by Gasteiger charge is -2.17. The van der Waals surface area contributed by atoms with Crippen LogP contribution in [0.2, 0.25) is 0 Å². The number of aromatic nitrogens is 1. The fourth-order valence-electron chi connectivity index (χ4n) is 2.39. The van der Waals surface area contributed by atoms with Crippen molar-refractivity contribution in [1.82, 2.24) is 15.6 Å². The fraction of sp³-hybridized carbons (Fsp3) is 0.444. The molecule has 2 N–H and O–H groups in total. The molecular formula is C18H28IN5O. The first kappa shape index (κ1) is 21.4. The summed E-state index contributed by atoms with van der Waals surface area (Å²) in [6.45, 7) is 4.79. The Morgan fingerprint density at radius 1 is 1.24 bits per heavy atom. The van der Waals surface area contributed by atoms with Gasteiger partial charge in [0.25, 0.3) is 0 Å². The van der Waals surface area contributed by atoms with Gasteiger partial charge in [-0.1, -0.05) is 18.2 Å². The second kappa shape index (κ2) is 11.1. The molecule has 0 aliphatic rings. The summed E-state index contributed by atoms with van der Waals surface area (Å²) >= 11 is 0. The molecule has 1 heterocycles. The van der Waals surface area contributed by atoms with Gasteiger partial charge < -0.3 is 20.3 Å². The third kappa shape index (κ3) is 6.32. The summed E-state index contributed by atoms with van der Waals surface area (Å²) in [5.41, 5.74) is 2.19. The minimum absolute atomic E-state index is 0. The van der Waals surface area contributed by atoms with Crippen molar-refractivity contribution < 1.29 is 4.74 Å². The lowest BCUT2D eigenvalue weighted by atomic mass is 10.1. The number of fused-ring (bicyclic) bond motifs is 1. The first-order chi connectivity index (χ1) is 11.7. The molecule has 0 amide bonds. The number of nitrogens with one attached hydrogen (secondary N) is 2. The number of ether oxygens (including phenoxy) is 1. The second-order valence-electron chi connectivity index (χ2n) is 5.60. The van der Waals surface area contributed by atoms with Crippen LogP contribution in [-0.2, 0) is 11.3 Å². The molecule has 2 aromatic rings. The molecular weight excluding hydrogens is 429 g/mol. The predicted octanol–water partition coefficient (Wildman–Crippen LogP) is 2.62. The minimum atomic E-state index is 0. The van der Waals surface area contributed by atoms with E-state index >= 15 is 0 Å². The summed E-state index contributed by atoms with van der Waals surface area (Å²) in [5, 5.41) is 7.76. The molecule has 2 rings (SSSR count). The van der Waals surface area contributed by atoms with E-state index in [1.807, 2.05) is 44.1 Å². The van der Waals surface area contributed by atoms with Crippen LogP contribution in [0.1, 0.15) is 12.5 Å². The molecule has 0 unspecified atom stereocenters. The van der Waals surface area contributed by atoms with Gasteiger partial charge >= 0.3 is 0 Å². The van der Waals surface area contributed by atoms with Gasteiger partial charge in [-0.25, -0.2) is 4.98 Å². The highest BCUT2D eigenvalue weighted by atomic mass is 127. The van der Waals surface area contributed by atoms with Crippen LogP contribution in [0.25, 0.3) is 10.9 Å². The van der Waals surface area contributed by atoms with E-state index < -0.39 is 0 Å². The van der Waals surface area contributed by atoms with Crippen LogP contribution in [0.5, 0.6) is 0 Å². The van der Waals surface area contributed by atoms with Crippen LogP contribution < -0.4 is 15.5 Å². The van der Waals surface area contributed by atoms with E-state index in [9.17, 15) is 0 Å². The molecule has 0 saturated carbocycles. The molecule has 0 atom stereocenters. The Hall–Kier alpha value is -1.61. The zero-order valence-electron chi connectivity index (χ0n) is 15.4.